The van der Waals surface area contributed by atoms with Gasteiger partial charge in [0.2, 0.25) is 0 Å². The molecule has 0 aliphatic heterocycles. The second-order valence-electron chi connectivity index (χ2n) is 4.15. The second-order valence-corrected chi connectivity index (χ2v) is 4.55. The van der Waals surface area contributed by atoms with Gasteiger partial charge in [-0.2, -0.15) is 5.10 Å². The topological polar surface area (TPSA) is 64.3 Å². The number of aromatic nitrogens is 2. The Balaban J connectivity index is 2.61. The monoisotopic (exact) mass is 280 g/mol. The van der Waals surface area contributed by atoms with Crippen LogP contribution in [-0.4, -0.2) is 28.0 Å². The Hall–Kier alpha value is -2.01. The minimum Gasteiger partial charge on any atom is -0.496 e. The number of aromatic carboxylic acids is 1. The number of aryl methyl sites for hydroxylation is 2. The predicted molar refractivity (Wildman–Crippen MR) is 71.9 cm³/mol. The molecule has 0 unspecified atom stereocenters. The minimum absolute atomic E-state index is 0.0203. The van der Waals surface area contributed by atoms with Gasteiger partial charge in [-0.15, -0.1) is 0 Å². The summed E-state index contributed by atoms with van der Waals surface area (Å²) in [5.41, 5.74) is 2.21. The molecule has 6 heteroatoms. The van der Waals surface area contributed by atoms with Crippen molar-refractivity contribution in [3.63, 3.8) is 0 Å². The van der Waals surface area contributed by atoms with E-state index in [1.807, 2.05) is 6.92 Å². The highest BCUT2D eigenvalue weighted by Crippen LogP contribution is 2.34. The molecule has 0 fully saturated rings. The number of hydrogen-bond donors (Lipinski definition) is 1. The van der Waals surface area contributed by atoms with Gasteiger partial charge < -0.3 is 9.84 Å². The summed E-state index contributed by atoms with van der Waals surface area (Å²) < 4.78 is 6.74. The zero-order valence-corrected chi connectivity index (χ0v) is 11.5. The summed E-state index contributed by atoms with van der Waals surface area (Å²) in [5, 5.41) is 13.4. The van der Waals surface area contributed by atoms with Crippen LogP contribution < -0.4 is 4.74 Å². The van der Waals surface area contributed by atoms with Crippen LogP contribution in [0.4, 0.5) is 0 Å². The van der Waals surface area contributed by atoms with Gasteiger partial charge in [0.25, 0.3) is 0 Å². The summed E-state index contributed by atoms with van der Waals surface area (Å²) in [6.45, 7) is 1.89. The van der Waals surface area contributed by atoms with Crippen molar-refractivity contribution >= 4 is 17.6 Å². The van der Waals surface area contributed by atoms with E-state index in [2.05, 4.69) is 5.10 Å². The summed E-state index contributed by atoms with van der Waals surface area (Å²) in [6, 6.07) is 5.04. The molecule has 0 aliphatic carbocycles. The van der Waals surface area contributed by atoms with Gasteiger partial charge in [0.15, 0.2) is 5.69 Å². The molecule has 1 heterocycles. The van der Waals surface area contributed by atoms with Crippen LogP contribution in [0.3, 0.4) is 0 Å². The summed E-state index contributed by atoms with van der Waals surface area (Å²) in [6.07, 6.45) is 0. The highest BCUT2D eigenvalue weighted by atomic mass is 35.5. The van der Waals surface area contributed by atoms with E-state index in [1.54, 1.807) is 26.3 Å². The van der Waals surface area contributed by atoms with E-state index in [0.717, 1.165) is 5.56 Å². The Morgan fingerprint density at radius 1 is 1.42 bits per heavy atom. The van der Waals surface area contributed by atoms with Crippen molar-refractivity contribution in [1.82, 2.24) is 9.78 Å². The van der Waals surface area contributed by atoms with Crippen LogP contribution in [-0.2, 0) is 7.05 Å². The fraction of sp³-hybridized carbons (Fsp3) is 0.231. The molecule has 0 saturated heterocycles. The quantitative estimate of drug-likeness (QED) is 0.939. The first kappa shape index (κ1) is 13.4. The van der Waals surface area contributed by atoms with Gasteiger partial charge in [-0.25, -0.2) is 4.79 Å². The smallest absolute Gasteiger partial charge is 0.356 e. The third-order valence-corrected chi connectivity index (χ3v) is 3.17. The number of hydrogen-bond acceptors (Lipinski definition) is 3. The average molecular weight is 281 g/mol. The first-order valence-electron chi connectivity index (χ1n) is 5.56. The maximum atomic E-state index is 10.9. The molecule has 2 rings (SSSR count). The molecule has 5 nitrogen and oxygen atoms in total. The number of rotatable bonds is 3. The Morgan fingerprint density at radius 3 is 2.63 bits per heavy atom. The maximum Gasteiger partial charge on any atom is 0.356 e. The van der Waals surface area contributed by atoms with Gasteiger partial charge in [-0.3, -0.25) is 4.68 Å². The van der Waals surface area contributed by atoms with Crippen LogP contribution in [0.25, 0.3) is 11.3 Å². The number of carboxylic acids is 1. The van der Waals surface area contributed by atoms with Crippen LogP contribution in [0.5, 0.6) is 5.75 Å². The number of methoxy groups -OCH3 is 1. The Bertz CT molecular complexity index is 650. The van der Waals surface area contributed by atoms with Gasteiger partial charge in [-0.05, 0) is 30.7 Å². The molecule has 0 atom stereocenters. The van der Waals surface area contributed by atoms with E-state index in [1.165, 1.54) is 10.7 Å². The van der Waals surface area contributed by atoms with Crippen LogP contribution in [0.15, 0.2) is 18.2 Å². The van der Waals surface area contributed by atoms with E-state index in [-0.39, 0.29) is 5.69 Å². The number of ether oxygens (including phenoxy) is 1. The first-order valence-corrected chi connectivity index (χ1v) is 5.93. The molecule has 1 aromatic carbocycles. The molecule has 0 aliphatic rings. The summed E-state index contributed by atoms with van der Waals surface area (Å²) >= 11 is 6.21. The van der Waals surface area contributed by atoms with Gasteiger partial charge in [0.05, 0.1) is 17.8 Å². The maximum absolute atomic E-state index is 10.9. The number of carbonyl (C=O) groups is 1. The summed E-state index contributed by atoms with van der Waals surface area (Å²) in [7, 11) is 3.25. The first-order chi connectivity index (χ1) is 8.93. The van der Waals surface area contributed by atoms with Crippen LogP contribution >= 0.6 is 11.6 Å². The normalized spacial score (nSPS) is 10.5. The van der Waals surface area contributed by atoms with Crippen molar-refractivity contribution in [2.75, 3.05) is 7.11 Å². The molecule has 0 saturated carbocycles. The van der Waals surface area contributed by atoms with Gasteiger partial charge in [-0.1, -0.05) is 11.6 Å². The Labute approximate surface area is 115 Å². The number of nitrogens with zero attached hydrogens (tertiary/aromatic N) is 2. The summed E-state index contributed by atoms with van der Waals surface area (Å²) in [5.74, 6) is -0.380. The lowest BCUT2D eigenvalue weighted by Gasteiger charge is -2.10. The molecule has 1 aromatic heterocycles. The third-order valence-electron chi connectivity index (χ3n) is 2.86. The van der Waals surface area contributed by atoms with Crippen molar-refractivity contribution in [3.8, 4) is 17.0 Å². The lowest BCUT2D eigenvalue weighted by Crippen LogP contribution is -1.99. The van der Waals surface area contributed by atoms with Gasteiger partial charge >= 0.3 is 5.97 Å². The minimum atomic E-state index is -1.07. The highest BCUT2D eigenvalue weighted by Gasteiger charge is 2.16. The van der Waals surface area contributed by atoms with E-state index < -0.39 is 5.97 Å². The second kappa shape index (κ2) is 4.93. The number of halogens is 1. The van der Waals surface area contributed by atoms with Crippen molar-refractivity contribution in [1.29, 1.82) is 0 Å². The zero-order valence-electron chi connectivity index (χ0n) is 10.8. The largest absolute Gasteiger partial charge is 0.496 e. The Morgan fingerprint density at radius 2 is 2.11 bits per heavy atom. The van der Waals surface area contributed by atoms with Crippen molar-refractivity contribution in [3.05, 3.63) is 34.5 Å². The van der Waals surface area contributed by atoms with Crippen molar-refractivity contribution < 1.29 is 14.6 Å². The average Bonchev–Trinajstić information content (AvgIpc) is 2.72. The van der Waals surface area contributed by atoms with Crippen LogP contribution in [0.1, 0.15) is 16.1 Å². The zero-order chi connectivity index (χ0) is 14.2. The van der Waals surface area contributed by atoms with Crippen LogP contribution in [0, 0.1) is 6.92 Å². The lowest BCUT2D eigenvalue weighted by molar-refractivity contribution is 0.0689. The fourth-order valence-electron chi connectivity index (χ4n) is 1.89. The predicted octanol–water partition coefficient (Wildman–Crippen LogP) is 2.76. The molecule has 0 radical (unpaired) electrons. The molecule has 0 amide bonds. The molecule has 2 aromatic rings. The van der Waals surface area contributed by atoms with Gasteiger partial charge in [0.1, 0.15) is 5.75 Å². The van der Waals surface area contributed by atoms with E-state index in [9.17, 15) is 4.79 Å². The Kier molecular flexibility index (Phi) is 3.48. The molecule has 0 spiro atoms. The third kappa shape index (κ3) is 2.42. The summed E-state index contributed by atoms with van der Waals surface area (Å²) in [4.78, 5) is 10.9. The van der Waals surface area contributed by atoms with E-state index >= 15 is 0 Å². The highest BCUT2D eigenvalue weighted by molar-refractivity contribution is 6.33. The molecule has 0 bridgehead atoms. The van der Waals surface area contributed by atoms with E-state index in [4.69, 9.17) is 21.4 Å². The lowest BCUT2D eigenvalue weighted by atomic mass is 10.1. The van der Waals surface area contributed by atoms with Crippen molar-refractivity contribution in [2.24, 2.45) is 7.05 Å². The fourth-order valence-corrected chi connectivity index (χ4v) is 2.21. The SMILES string of the molecule is COc1cc(-c2cc(C(=O)O)nn2C)c(Cl)cc1C. The van der Waals surface area contributed by atoms with Crippen molar-refractivity contribution in [2.45, 2.75) is 6.92 Å². The standard InChI is InChI=1S/C13H13ClN2O3/c1-7-4-9(14)8(5-12(7)19-3)11-6-10(13(17)18)15-16(11)2/h4-6H,1-3H3,(H,17,18). The number of carboxylic acid groups (broad SMARTS) is 1. The molecular formula is C13H13ClN2O3. The number of benzene rings is 1. The van der Waals surface area contributed by atoms with E-state index in [0.29, 0.717) is 22.0 Å². The molecular weight excluding hydrogens is 268 g/mol. The van der Waals surface area contributed by atoms with Gasteiger partial charge in [0, 0.05) is 12.6 Å². The van der Waals surface area contributed by atoms with Crippen LogP contribution in [0.2, 0.25) is 5.02 Å². The molecule has 100 valence electrons. The molecule has 19 heavy (non-hydrogen) atoms. The molecule has 1 N–H and O–H groups in total.